The van der Waals surface area contributed by atoms with E-state index in [9.17, 15) is 27.9 Å². The second-order valence-corrected chi connectivity index (χ2v) is 8.48. The zero-order valence-electron chi connectivity index (χ0n) is 16.0. The first-order valence-electron chi connectivity index (χ1n) is 9.10. The molecule has 29 heavy (non-hydrogen) atoms. The summed E-state index contributed by atoms with van der Waals surface area (Å²) >= 11 is 0. The van der Waals surface area contributed by atoms with Crippen LogP contribution in [-0.4, -0.2) is 54.2 Å². The lowest BCUT2D eigenvalue weighted by atomic mass is 10.1. The number of aromatic amines is 1. The first-order valence-corrected chi connectivity index (χ1v) is 11.0. The summed E-state index contributed by atoms with van der Waals surface area (Å²) in [6.45, 7) is 0.208. The third-order valence-electron chi connectivity index (χ3n) is 4.17. The smallest absolute Gasteiger partial charge is 0.326 e. The Morgan fingerprint density at radius 1 is 1.24 bits per heavy atom. The van der Waals surface area contributed by atoms with Crippen LogP contribution >= 0.6 is 0 Å². The number of hydrogen-bond donors (Lipinski definition) is 4. The number of para-hydroxylation sites is 1. The molecule has 1 aromatic carbocycles. The lowest BCUT2D eigenvalue weighted by molar-refractivity contribution is -0.142. The molecule has 158 valence electrons. The van der Waals surface area contributed by atoms with Gasteiger partial charge < -0.3 is 15.4 Å². The van der Waals surface area contributed by atoms with Gasteiger partial charge in [-0.3, -0.25) is 9.59 Å². The number of carbonyl (C=O) groups is 2. The summed E-state index contributed by atoms with van der Waals surface area (Å²) < 4.78 is 24.3. The molecular weight excluding hydrogens is 400 g/mol. The number of benzene rings is 1. The van der Waals surface area contributed by atoms with Crippen LogP contribution in [0, 0.1) is 0 Å². The number of aryl methyl sites for hydroxylation is 1. The molecule has 0 saturated heterocycles. The molecular formula is C18H24N4O6S. The van der Waals surface area contributed by atoms with Gasteiger partial charge in [0.2, 0.25) is 15.9 Å². The average molecular weight is 424 g/mol. The Morgan fingerprint density at radius 2 is 1.97 bits per heavy atom. The molecule has 1 amide bonds. The summed E-state index contributed by atoms with van der Waals surface area (Å²) in [6, 6.07) is 5.78. The van der Waals surface area contributed by atoms with Gasteiger partial charge in [-0.1, -0.05) is 12.1 Å². The minimum atomic E-state index is -3.28. The van der Waals surface area contributed by atoms with Crippen LogP contribution in [0.5, 0.6) is 0 Å². The van der Waals surface area contributed by atoms with Crippen molar-refractivity contribution in [3.63, 3.8) is 0 Å². The number of rotatable bonds is 11. The van der Waals surface area contributed by atoms with Gasteiger partial charge in [0, 0.05) is 19.4 Å². The first kappa shape index (κ1) is 22.5. The predicted molar refractivity (Wildman–Crippen MR) is 107 cm³/mol. The van der Waals surface area contributed by atoms with Gasteiger partial charge in [0.05, 0.1) is 17.2 Å². The van der Waals surface area contributed by atoms with Crippen LogP contribution in [0.25, 0.3) is 10.9 Å². The third-order valence-corrected chi connectivity index (χ3v) is 4.90. The van der Waals surface area contributed by atoms with Crippen molar-refractivity contribution in [2.45, 2.75) is 38.1 Å². The lowest BCUT2D eigenvalue weighted by Crippen LogP contribution is -2.41. The lowest BCUT2D eigenvalue weighted by Gasteiger charge is -2.14. The number of carboxylic acids is 1. The zero-order chi connectivity index (χ0) is 21.4. The Morgan fingerprint density at radius 3 is 2.66 bits per heavy atom. The molecule has 0 aliphatic carbocycles. The summed E-state index contributed by atoms with van der Waals surface area (Å²) in [5, 5.41) is 12.2. The Balaban J connectivity index is 1.84. The summed E-state index contributed by atoms with van der Waals surface area (Å²) in [7, 11) is -3.28. The molecule has 2 rings (SSSR count). The molecule has 0 aliphatic rings. The van der Waals surface area contributed by atoms with E-state index < -0.39 is 27.9 Å². The van der Waals surface area contributed by atoms with Gasteiger partial charge in [-0.25, -0.2) is 22.9 Å². The number of unbranched alkanes of at least 4 members (excludes halogenated alkanes) is 1. The van der Waals surface area contributed by atoms with Crippen molar-refractivity contribution in [3.05, 3.63) is 40.4 Å². The maximum atomic E-state index is 12.1. The van der Waals surface area contributed by atoms with Gasteiger partial charge in [0.15, 0.2) is 0 Å². The van der Waals surface area contributed by atoms with E-state index in [1.54, 1.807) is 24.3 Å². The van der Waals surface area contributed by atoms with Crippen molar-refractivity contribution < 1.29 is 23.1 Å². The van der Waals surface area contributed by atoms with E-state index in [-0.39, 0.29) is 31.4 Å². The van der Waals surface area contributed by atoms with E-state index in [4.69, 9.17) is 0 Å². The van der Waals surface area contributed by atoms with E-state index in [0.29, 0.717) is 29.6 Å². The van der Waals surface area contributed by atoms with Gasteiger partial charge in [-0.15, -0.1) is 0 Å². The maximum Gasteiger partial charge on any atom is 0.326 e. The maximum absolute atomic E-state index is 12.1. The highest BCUT2D eigenvalue weighted by molar-refractivity contribution is 7.88. The van der Waals surface area contributed by atoms with Crippen molar-refractivity contribution in [1.29, 1.82) is 0 Å². The number of carboxylic acid groups (broad SMARTS) is 1. The van der Waals surface area contributed by atoms with E-state index in [1.165, 1.54) is 0 Å². The van der Waals surface area contributed by atoms with E-state index >= 15 is 0 Å². The second kappa shape index (κ2) is 10.1. The zero-order valence-corrected chi connectivity index (χ0v) is 16.8. The second-order valence-electron chi connectivity index (χ2n) is 6.65. The van der Waals surface area contributed by atoms with Crippen molar-refractivity contribution in [3.8, 4) is 0 Å². The number of sulfonamides is 1. The number of amides is 1. The van der Waals surface area contributed by atoms with Crippen molar-refractivity contribution >= 4 is 32.8 Å². The van der Waals surface area contributed by atoms with Gasteiger partial charge >= 0.3 is 5.97 Å². The number of nitrogens with one attached hydrogen (secondary N) is 3. The Labute approximate surface area is 167 Å². The van der Waals surface area contributed by atoms with Crippen LogP contribution < -0.4 is 15.6 Å². The topological polar surface area (TPSA) is 158 Å². The standard InChI is InChI=1S/C18H24N4O6S/c1-29(27,28)19-11-5-4-8-14(18(25)26)21-16(23)10-9-15-20-13-7-3-2-6-12(13)17(24)22-15/h2-3,6-7,14,19H,4-5,8-11H2,1H3,(H,21,23)(H,25,26)(H,20,22,24)/t14-/m0/s1. The number of aliphatic carboxylic acids is 1. The first-order chi connectivity index (χ1) is 13.7. The van der Waals surface area contributed by atoms with Gasteiger partial charge in [-0.05, 0) is 31.4 Å². The minimum absolute atomic E-state index is 0.0271. The molecule has 1 atom stereocenters. The summed E-state index contributed by atoms with van der Waals surface area (Å²) in [5.41, 5.74) is 0.231. The number of hydrogen-bond acceptors (Lipinski definition) is 6. The molecule has 4 N–H and O–H groups in total. The molecule has 2 aromatic rings. The van der Waals surface area contributed by atoms with Gasteiger partial charge in [0.25, 0.3) is 5.56 Å². The average Bonchev–Trinajstić information content (AvgIpc) is 2.64. The number of nitrogens with zero attached hydrogens (tertiary/aromatic N) is 1. The molecule has 0 radical (unpaired) electrons. The van der Waals surface area contributed by atoms with Crippen LogP contribution in [0.3, 0.4) is 0 Å². The van der Waals surface area contributed by atoms with Crippen LogP contribution in [0.4, 0.5) is 0 Å². The highest BCUT2D eigenvalue weighted by atomic mass is 32.2. The molecule has 0 fully saturated rings. The highest BCUT2D eigenvalue weighted by Gasteiger charge is 2.19. The van der Waals surface area contributed by atoms with Gasteiger partial charge in [-0.2, -0.15) is 0 Å². The fraction of sp³-hybridized carbons (Fsp3) is 0.444. The fourth-order valence-corrected chi connectivity index (χ4v) is 3.26. The van der Waals surface area contributed by atoms with Crippen molar-refractivity contribution in [1.82, 2.24) is 20.0 Å². The van der Waals surface area contributed by atoms with Crippen LogP contribution in [0.1, 0.15) is 31.5 Å². The molecule has 0 unspecified atom stereocenters. The number of fused-ring (bicyclic) bond motifs is 1. The van der Waals surface area contributed by atoms with Crippen LogP contribution in [0.15, 0.2) is 29.1 Å². The molecule has 0 spiro atoms. The summed E-state index contributed by atoms with van der Waals surface area (Å²) in [5.74, 6) is -1.28. The number of H-pyrrole nitrogens is 1. The highest BCUT2D eigenvalue weighted by Crippen LogP contribution is 2.07. The molecule has 1 heterocycles. The van der Waals surface area contributed by atoms with E-state index in [2.05, 4.69) is 20.0 Å². The molecule has 0 saturated carbocycles. The quantitative estimate of drug-likeness (QED) is 0.374. The van der Waals surface area contributed by atoms with E-state index in [1.807, 2.05) is 0 Å². The van der Waals surface area contributed by atoms with E-state index in [0.717, 1.165) is 6.26 Å². The molecule has 0 bridgehead atoms. The summed E-state index contributed by atoms with van der Waals surface area (Å²) in [6.07, 6.45) is 2.24. The van der Waals surface area contributed by atoms with Crippen molar-refractivity contribution in [2.24, 2.45) is 0 Å². The van der Waals surface area contributed by atoms with Crippen LogP contribution in [-0.2, 0) is 26.0 Å². The fourth-order valence-electron chi connectivity index (χ4n) is 2.74. The molecule has 11 heteroatoms. The summed E-state index contributed by atoms with van der Waals surface area (Å²) in [4.78, 5) is 42.4. The Kier molecular flexibility index (Phi) is 7.85. The Bertz CT molecular complexity index is 1030. The SMILES string of the molecule is CS(=O)(=O)NCCCC[C@H](NC(=O)CCc1nc2ccccc2c(=O)[nH]1)C(=O)O. The Hall–Kier alpha value is -2.79. The monoisotopic (exact) mass is 424 g/mol. The normalized spacial score (nSPS) is 12.6. The molecule has 1 aromatic heterocycles. The van der Waals surface area contributed by atoms with Gasteiger partial charge in [0.1, 0.15) is 11.9 Å². The molecule has 10 nitrogen and oxygen atoms in total. The predicted octanol–water partition coefficient (Wildman–Crippen LogP) is 0.145. The largest absolute Gasteiger partial charge is 0.480 e. The minimum Gasteiger partial charge on any atom is -0.480 e. The number of aromatic nitrogens is 2. The van der Waals surface area contributed by atoms with Crippen molar-refractivity contribution in [2.75, 3.05) is 12.8 Å². The molecule has 0 aliphatic heterocycles. The number of carbonyl (C=O) groups excluding carboxylic acids is 1. The van der Waals surface area contributed by atoms with Crippen LogP contribution in [0.2, 0.25) is 0 Å². The third kappa shape index (κ3) is 7.62.